The van der Waals surface area contributed by atoms with E-state index in [1.54, 1.807) is 0 Å². The van der Waals surface area contributed by atoms with E-state index in [4.69, 9.17) is 14.5 Å². The molecular weight excluding hydrogens is 663 g/mol. The number of hydrogen-bond acceptors (Lipinski definition) is 4. The van der Waals surface area contributed by atoms with Crippen LogP contribution in [0, 0.1) is 6.07 Å². The molecule has 1 N–H and O–H groups in total. The smallest absolute Gasteiger partial charge is 0.155 e. The topological polar surface area (TPSA) is 63.3 Å². The van der Waals surface area contributed by atoms with Crippen LogP contribution in [0.4, 0.5) is 0 Å². The third-order valence-corrected chi connectivity index (χ3v) is 6.40. The maximum absolute atomic E-state index is 10.0. The summed E-state index contributed by atoms with van der Waals surface area (Å²) in [5, 5.41) is 11.8. The molecule has 2 aromatic heterocycles. The molecule has 39 heavy (non-hydrogen) atoms. The van der Waals surface area contributed by atoms with Gasteiger partial charge in [-0.3, -0.25) is 4.79 Å². The minimum Gasteiger partial charge on any atom is -0.512 e. The first-order valence-electron chi connectivity index (χ1n) is 13.0. The first-order chi connectivity index (χ1) is 18.1. The maximum atomic E-state index is 10.0. The van der Waals surface area contributed by atoms with E-state index in [0.29, 0.717) is 11.8 Å². The maximum Gasteiger partial charge on any atom is 0.155 e. The summed E-state index contributed by atoms with van der Waals surface area (Å²) in [5.74, 6) is 1.64. The van der Waals surface area contributed by atoms with Crippen LogP contribution >= 0.6 is 0 Å². The largest absolute Gasteiger partial charge is 0.512 e. The van der Waals surface area contributed by atoms with Crippen molar-refractivity contribution in [2.45, 2.75) is 53.4 Å². The van der Waals surface area contributed by atoms with Gasteiger partial charge < -0.3 is 14.5 Å². The van der Waals surface area contributed by atoms with Crippen LogP contribution in [-0.2, 0) is 24.9 Å². The summed E-state index contributed by atoms with van der Waals surface area (Å²) in [5.41, 5.74) is 6.38. The Hall–Kier alpha value is -3.53. The molecule has 0 aliphatic rings. The Labute approximate surface area is 244 Å². The van der Waals surface area contributed by atoms with Gasteiger partial charge in [-0.05, 0) is 59.8 Å². The molecule has 0 unspecified atom stereocenters. The summed E-state index contributed by atoms with van der Waals surface area (Å²) in [7, 11) is 0. The van der Waals surface area contributed by atoms with Gasteiger partial charge in [0, 0.05) is 37.9 Å². The van der Waals surface area contributed by atoms with Gasteiger partial charge in [-0.15, -0.1) is 17.2 Å². The number of furan rings is 1. The summed E-state index contributed by atoms with van der Waals surface area (Å²) >= 11 is 0. The fraction of sp³-hybridized carbons (Fsp3) is 0.235. The molecule has 0 saturated carbocycles. The molecule has 5 heteroatoms. The third kappa shape index (κ3) is 7.11. The molecule has 0 fully saturated rings. The molecule has 203 valence electrons. The first kappa shape index (κ1) is 30.0. The molecule has 1 radical (unpaired) electrons. The van der Waals surface area contributed by atoms with Gasteiger partial charge in [0.1, 0.15) is 5.76 Å². The minimum absolute atomic E-state index is 0. The second-order valence-corrected chi connectivity index (χ2v) is 10.2. The van der Waals surface area contributed by atoms with Gasteiger partial charge in [-0.2, -0.15) is 0 Å². The minimum atomic E-state index is -0.125. The predicted molar refractivity (Wildman–Crippen MR) is 156 cm³/mol. The summed E-state index contributed by atoms with van der Waals surface area (Å²) in [6, 6.07) is 26.9. The zero-order chi connectivity index (χ0) is 27.4. The van der Waals surface area contributed by atoms with Crippen LogP contribution in [-0.4, -0.2) is 15.9 Å². The zero-order valence-corrected chi connectivity index (χ0v) is 25.6. The van der Waals surface area contributed by atoms with E-state index in [0.717, 1.165) is 38.9 Å². The zero-order valence-electron chi connectivity index (χ0n) is 23.2. The standard InChI is InChI=1S/C29H26NO.C5H8O2.Ir/c1-18(2)22-11-10-20-12-13-30-29(25(20)14-22)23-15-24(19(3)4)26-17-27(31-28(26)16-23)21-8-6-5-7-9-21;1-4(6)3-5(2)7;/h5-15,17-19H,1-4H3;3,6H,1-2H3;/q-1;;/b;4-3-;. The van der Waals surface area contributed by atoms with Crippen LogP contribution in [0.2, 0.25) is 0 Å². The number of benzene rings is 3. The molecule has 3 aromatic carbocycles. The quantitative estimate of drug-likeness (QED) is 0.113. The van der Waals surface area contributed by atoms with Gasteiger partial charge in [0.2, 0.25) is 0 Å². The molecule has 0 saturated heterocycles. The van der Waals surface area contributed by atoms with Crippen molar-refractivity contribution >= 4 is 27.5 Å². The second kappa shape index (κ2) is 13.0. The van der Waals surface area contributed by atoms with Gasteiger partial charge in [-0.1, -0.05) is 87.7 Å². The van der Waals surface area contributed by atoms with Crippen molar-refractivity contribution in [3.05, 3.63) is 102 Å². The number of carbonyl (C=O) groups is 1. The number of hydrogen-bond donors (Lipinski definition) is 1. The van der Waals surface area contributed by atoms with Crippen molar-refractivity contribution in [2.75, 3.05) is 0 Å². The van der Waals surface area contributed by atoms with Crippen LogP contribution in [0.5, 0.6) is 0 Å². The van der Waals surface area contributed by atoms with Crippen molar-refractivity contribution in [2.24, 2.45) is 0 Å². The third-order valence-electron chi connectivity index (χ3n) is 6.40. The number of ketones is 1. The van der Waals surface area contributed by atoms with Crippen LogP contribution < -0.4 is 0 Å². The molecule has 0 spiro atoms. The molecular formula is C34H34IrNO3-. The predicted octanol–water partition coefficient (Wildman–Crippen LogP) is 9.40. The number of aliphatic hydroxyl groups is 1. The molecule has 0 atom stereocenters. The number of carbonyl (C=O) groups excluding carboxylic acids is 1. The van der Waals surface area contributed by atoms with Crippen LogP contribution in [0.25, 0.3) is 44.3 Å². The Morgan fingerprint density at radius 3 is 2.23 bits per heavy atom. The Kier molecular flexibility index (Phi) is 10.0. The Morgan fingerprint density at radius 1 is 0.923 bits per heavy atom. The molecule has 0 amide bonds. The van der Waals surface area contributed by atoms with Crippen molar-refractivity contribution in [3.8, 4) is 22.6 Å². The Balaban J connectivity index is 0.000000468. The van der Waals surface area contributed by atoms with Crippen molar-refractivity contribution in [1.29, 1.82) is 0 Å². The average Bonchev–Trinajstić information content (AvgIpc) is 3.31. The van der Waals surface area contributed by atoms with E-state index in [1.165, 1.54) is 36.4 Å². The van der Waals surface area contributed by atoms with E-state index < -0.39 is 0 Å². The number of aromatic nitrogens is 1. The molecule has 0 aliphatic carbocycles. The number of rotatable bonds is 5. The SMILES string of the molecule is CC(=O)/C=C(/C)O.CC(C)c1ccc2ccnc(-c3[c-]c4oc(-c5ccccc5)cc4c(C(C)C)c3)c2c1.[Ir]. The van der Waals surface area contributed by atoms with Gasteiger partial charge >= 0.3 is 0 Å². The van der Waals surface area contributed by atoms with Gasteiger partial charge in [0.15, 0.2) is 5.78 Å². The van der Waals surface area contributed by atoms with Gasteiger partial charge in [0.25, 0.3) is 0 Å². The van der Waals surface area contributed by atoms with Crippen molar-refractivity contribution < 1.29 is 34.4 Å². The van der Waals surface area contributed by atoms with E-state index in [1.807, 2.05) is 24.4 Å². The van der Waals surface area contributed by atoms with Crippen molar-refractivity contribution in [1.82, 2.24) is 4.98 Å². The molecule has 5 aromatic rings. The Morgan fingerprint density at radius 2 is 1.64 bits per heavy atom. The number of nitrogens with zero attached hydrogens (tertiary/aromatic N) is 1. The fourth-order valence-electron chi connectivity index (χ4n) is 4.49. The molecule has 4 nitrogen and oxygen atoms in total. The normalized spacial score (nSPS) is 11.4. The van der Waals surface area contributed by atoms with E-state index in [-0.39, 0.29) is 31.6 Å². The number of pyridine rings is 1. The van der Waals surface area contributed by atoms with Gasteiger partial charge in [0.05, 0.1) is 11.3 Å². The fourth-order valence-corrected chi connectivity index (χ4v) is 4.49. The van der Waals surface area contributed by atoms with Crippen LogP contribution in [0.1, 0.15) is 64.5 Å². The summed E-state index contributed by atoms with van der Waals surface area (Å²) in [4.78, 5) is 14.8. The second-order valence-electron chi connectivity index (χ2n) is 10.2. The average molecular weight is 697 g/mol. The number of allylic oxidation sites excluding steroid dienone is 2. The monoisotopic (exact) mass is 697 g/mol. The Bertz CT molecular complexity index is 1610. The van der Waals surface area contributed by atoms with Crippen LogP contribution in [0.3, 0.4) is 0 Å². The summed E-state index contributed by atoms with van der Waals surface area (Å²) in [6.45, 7) is 11.7. The summed E-state index contributed by atoms with van der Waals surface area (Å²) in [6.07, 6.45) is 3.05. The van der Waals surface area contributed by atoms with E-state index in [2.05, 4.69) is 82.3 Å². The number of fused-ring (bicyclic) bond motifs is 2. The van der Waals surface area contributed by atoms with Crippen molar-refractivity contribution in [3.63, 3.8) is 0 Å². The number of aliphatic hydroxyl groups excluding tert-OH is 1. The first-order valence-corrected chi connectivity index (χ1v) is 13.0. The summed E-state index contributed by atoms with van der Waals surface area (Å²) < 4.78 is 6.30. The molecule has 2 heterocycles. The molecule has 0 bridgehead atoms. The van der Waals surface area contributed by atoms with E-state index in [9.17, 15) is 4.79 Å². The van der Waals surface area contributed by atoms with E-state index >= 15 is 0 Å². The molecule has 5 rings (SSSR count). The van der Waals surface area contributed by atoms with Gasteiger partial charge in [-0.25, -0.2) is 0 Å². The molecule has 0 aliphatic heterocycles. The van der Waals surface area contributed by atoms with Crippen LogP contribution in [0.15, 0.2) is 89.2 Å².